The first kappa shape index (κ1) is 23.8. The van der Waals surface area contributed by atoms with Gasteiger partial charge in [-0.15, -0.1) is 0 Å². The number of carbonyl (C=O) groups excluding carboxylic acids is 3. The number of esters is 3. The molecule has 168 valence electrons. The summed E-state index contributed by atoms with van der Waals surface area (Å²) in [4.78, 5) is 51.9. The van der Waals surface area contributed by atoms with E-state index >= 15 is 0 Å². The number of nitrogens with two attached hydrogens (primary N) is 1. The summed E-state index contributed by atoms with van der Waals surface area (Å²) >= 11 is 0. The molecule has 1 aliphatic rings. The summed E-state index contributed by atoms with van der Waals surface area (Å²) in [5.41, 5.74) is 2.32. The first-order chi connectivity index (χ1) is 14.7. The molecule has 0 spiro atoms. The van der Waals surface area contributed by atoms with E-state index in [0.717, 1.165) is 10.8 Å². The average Bonchev–Trinajstić information content (AvgIpc) is 3.04. The largest absolute Gasteiger partial charge is 0.463 e. The van der Waals surface area contributed by atoms with Crippen LogP contribution >= 0.6 is 0 Å². The minimum atomic E-state index is -2.25. The average molecular weight is 436 g/mol. The second-order valence-electron chi connectivity index (χ2n) is 6.58. The van der Waals surface area contributed by atoms with Crippen LogP contribution in [-0.2, 0) is 39.1 Å². The monoisotopic (exact) mass is 436 g/mol. The van der Waals surface area contributed by atoms with Gasteiger partial charge < -0.3 is 24.7 Å². The van der Waals surface area contributed by atoms with Crippen LogP contribution in [0.15, 0.2) is 17.1 Å². The first-order valence-electron chi connectivity index (χ1n) is 9.71. The highest BCUT2D eigenvalue weighted by molar-refractivity contribution is 5.71. The van der Waals surface area contributed by atoms with Crippen molar-refractivity contribution >= 4 is 23.7 Å². The molecule has 4 atom stereocenters. The van der Waals surface area contributed by atoms with Crippen LogP contribution in [0.2, 0.25) is 0 Å². The Hall–Kier alpha value is -3.46. The number of hydrogen-bond acceptors (Lipinski definition) is 11. The van der Waals surface area contributed by atoms with E-state index in [1.165, 1.54) is 13.0 Å². The number of hydrogen-bond donors (Lipinski definition) is 1. The predicted molar refractivity (Wildman–Crippen MR) is 103 cm³/mol. The van der Waals surface area contributed by atoms with Crippen LogP contribution in [0.5, 0.6) is 0 Å². The van der Waals surface area contributed by atoms with Crippen LogP contribution in [-0.4, -0.2) is 52.4 Å². The van der Waals surface area contributed by atoms with Gasteiger partial charge >= 0.3 is 23.6 Å². The van der Waals surface area contributed by atoms with Gasteiger partial charge in [0.25, 0.3) is 5.72 Å². The second-order valence-corrected chi connectivity index (χ2v) is 6.58. The first-order valence-corrected chi connectivity index (χ1v) is 9.71. The Kier molecular flexibility index (Phi) is 7.71. The Morgan fingerprint density at radius 1 is 1.19 bits per heavy atom. The van der Waals surface area contributed by atoms with Gasteiger partial charge in [0.15, 0.2) is 6.10 Å². The predicted octanol–water partition coefficient (Wildman–Crippen LogP) is -0.00252. The molecule has 1 aromatic heterocycles. The third-order valence-electron chi connectivity index (χ3n) is 4.53. The van der Waals surface area contributed by atoms with Gasteiger partial charge in [-0.25, -0.2) is 4.79 Å². The lowest BCUT2D eigenvalue weighted by molar-refractivity contribution is -0.173. The fourth-order valence-electron chi connectivity index (χ4n) is 2.94. The standard InChI is InChI=1S/C19H24N4O8/c1-4-13(24)28-9-11-16(29-14(25)5-2)17(30-15(26)6-3)19(10-20,31-11)23-8-7-12(21)22-18(23)27/h7-8,11,16-17H,4-6,9H2,1-3H3,(H2,21,22,27)/t11-,16+,17?,19-/m1/s1. The van der Waals surface area contributed by atoms with Gasteiger partial charge in [-0.1, -0.05) is 20.8 Å². The van der Waals surface area contributed by atoms with E-state index in [0.29, 0.717) is 0 Å². The zero-order valence-electron chi connectivity index (χ0n) is 17.4. The number of ether oxygens (including phenoxy) is 4. The maximum absolute atomic E-state index is 12.5. The van der Waals surface area contributed by atoms with E-state index < -0.39 is 54.2 Å². The fraction of sp³-hybridized carbons (Fsp3) is 0.579. The molecule has 12 heteroatoms. The highest BCUT2D eigenvalue weighted by Crippen LogP contribution is 2.39. The molecule has 0 aromatic carbocycles. The van der Waals surface area contributed by atoms with Crippen molar-refractivity contribution in [3.8, 4) is 6.07 Å². The number of aromatic nitrogens is 2. The number of anilines is 1. The molecule has 0 radical (unpaired) electrons. The number of nitrogen functional groups attached to an aromatic ring is 1. The summed E-state index contributed by atoms with van der Waals surface area (Å²) < 4.78 is 22.5. The minimum absolute atomic E-state index is 0.0185. The van der Waals surface area contributed by atoms with Crippen molar-refractivity contribution in [1.29, 1.82) is 5.26 Å². The van der Waals surface area contributed by atoms with Gasteiger partial charge in [-0.2, -0.15) is 10.2 Å². The van der Waals surface area contributed by atoms with E-state index in [9.17, 15) is 24.4 Å². The third kappa shape index (κ3) is 5.00. The number of rotatable bonds is 8. The highest BCUT2D eigenvalue weighted by Gasteiger charge is 2.62. The number of nitrogens with zero attached hydrogens (tertiary/aromatic N) is 3. The molecule has 1 aliphatic heterocycles. The van der Waals surface area contributed by atoms with Gasteiger partial charge in [0.05, 0.1) is 0 Å². The van der Waals surface area contributed by atoms with E-state index in [1.54, 1.807) is 13.8 Å². The van der Waals surface area contributed by atoms with Gasteiger partial charge in [-0.05, 0) is 6.07 Å². The Bertz CT molecular complexity index is 940. The van der Waals surface area contributed by atoms with Crippen LogP contribution in [0.3, 0.4) is 0 Å². The van der Waals surface area contributed by atoms with Gasteiger partial charge in [-0.3, -0.25) is 19.0 Å². The summed E-state index contributed by atoms with van der Waals surface area (Å²) in [6.07, 6.45) is -2.94. The normalized spacial score (nSPS) is 24.8. The number of nitriles is 1. The molecular weight excluding hydrogens is 412 g/mol. The van der Waals surface area contributed by atoms with Crippen molar-refractivity contribution in [2.24, 2.45) is 0 Å². The second kappa shape index (κ2) is 10.0. The maximum Gasteiger partial charge on any atom is 0.352 e. The molecule has 1 aromatic rings. The third-order valence-corrected chi connectivity index (χ3v) is 4.53. The lowest BCUT2D eigenvalue weighted by atomic mass is 10.0. The van der Waals surface area contributed by atoms with Crippen molar-refractivity contribution in [3.05, 3.63) is 22.7 Å². The van der Waals surface area contributed by atoms with Crippen LogP contribution < -0.4 is 11.4 Å². The van der Waals surface area contributed by atoms with Crippen molar-refractivity contribution in [3.63, 3.8) is 0 Å². The van der Waals surface area contributed by atoms with Crippen LogP contribution in [0.1, 0.15) is 40.0 Å². The van der Waals surface area contributed by atoms with Crippen LogP contribution in [0.25, 0.3) is 0 Å². The summed E-state index contributed by atoms with van der Waals surface area (Å²) in [6.45, 7) is 4.24. The molecule has 12 nitrogen and oxygen atoms in total. The Morgan fingerprint density at radius 2 is 1.81 bits per heavy atom. The van der Waals surface area contributed by atoms with E-state index in [2.05, 4.69) is 4.98 Å². The zero-order chi connectivity index (χ0) is 23.2. The molecule has 1 fully saturated rings. The molecular formula is C19H24N4O8. The molecule has 1 unspecified atom stereocenters. The highest BCUT2D eigenvalue weighted by atomic mass is 16.7. The molecule has 0 bridgehead atoms. The molecule has 0 saturated carbocycles. The van der Waals surface area contributed by atoms with E-state index in [4.69, 9.17) is 24.7 Å². The van der Waals surface area contributed by atoms with Gasteiger partial charge in [0.1, 0.15) is 24.6 Å². The quantitative estimate of drug-likeness (QED) is 0.429. The molecule has 2 N–H and O–H groups in total. The molecule has 1 saturated heterocycles. The molecule has 2 heterocycles. The van der Waals surface area contributed by atoms with Gasteiger partial charge in [0, 0.05) is 25.5 Å². The molecule has 0 aliphatic carbocycles. The van der Waals surface area contributed by atoms with Gasteiger partial charge in [0.2, 0.25) is 6.10 Å². The summed E-state index contributed by atoms with van der Waals surface area (Å²) in [7, 11) is 0. The van der Waals surface area contributed by atoms with Crippen molar-refractivity contribution in [2.75, 3.05) is 12.3 Å². The molecule has 31 heavy (non-hydrogen) atoms. The number of carbonyl (C=O) groups is 3. The SMILES string of the molecule is CCC(=O)OC[C@H]1O[C@@](C#N)(n2ccc(N)nc2=O)C(OC(=O)CC)[C@H]1OC(=O)CC. The summed E-state index contributed by atoms with van der Waals surface area (Å²) in [5.74, 6) is -2.06. The van der Waals surface area contributed by atoms with Crippen molar-refractivity contribution in [2.45, 2.75) is 64.1 Å². The fourth-order valence-corrected chi connectivity index (χ4v) is 2.94. The van der Waals surface area contributed by atoms with Crippen molar-refractivity contribution < 1.29 is 33.3 Å². The minimum Gasteiger partial charge on any atom is -0.463 e. The zero-order valence-corrected chi connectivity index (χ0v) is 17.4. The Labute approximate surface area is 177 Å². The summed E-state index contributed by atoms with van der Waals surface area (Å²) in [6, 6.07) is 3.09. The topological polar surface area (TPSA) is 173 Å². The smallest absolute Gasteiger partial charge is 0.352 e. The molecule has 0 amide bonds. The summed E-state index contributed by atoms with van der Waals surface area (Å²) in [5, 5.41) is 10.0. The van der Waals surface area contributed by atoms with Crippen LogP contribution in [0.4, 0.5) is 5.82 Å². The Balaban J connectivity index is 2.60. The molecule has 2 rings (SSSR count). The maximum atomic E-state index is 12.5. The Morgan fingerprint density at radius 3 is 2.35 bits per heavy atom. The van der Waals surface area contributed by atoms with E-state index in [-0.39, 0.29) is 25.1 Å². The van der Waals surface area contributed by atoms with E-state index in [1.807, 2.05) is 6.07 Å². The lowest BCUT2D eigenvalue weighted by Crippen LogP contribution is -2.52. The lowest BCUT2D eigenvalue weighted by Gasteiger charge is -2.29. The van der Waals surface area contributed by atoms with Crippen LogP contribution in [0, 0.1) is 11.3 Å². The van der Waals surface area contributed by atoms with Crippen molar-refractivity contribution in [1.82, 2.24) is 9.55 Å².